The molecule has 1 aliphatic heterocycles. The van der Waals surface area contributed by atoms with Crippen molar-refractivity contribution in [1.29, 1.82) is 5.26 Å². The lowest BCUT2D eigenvalue weighted by atomic mass is 10.1. The van der Waals surface area contributed by atoms with Crippen LogP contribution >= 0.6 is 11.3 Å². The number of aryl methyl sites for hydroxylation is 1. The predicted octanol–water partition coefficient (Wildman–Crippen LogP) is 4.95. The van der Waals surface area contributed by atoms with Crippen LogP contribution in [0.3, 0.4) is 0 Å². The zero-order valence-corrected chi connectivity index (χ0v) is 19.4. The molecule has 2 aliphatic rings. The average Bonchev–Trinajstić information content (AvgIpc) is 3.36. The van der Waals surface area contributed by atoms with Crippen molar-refractivity contribution in [2.45, 2.75) is 64.5 Å². The summed E-state index contributed by atoms with van der Waals surface area (Å²) in [5, 5.41) is 13.5. The van der Waals surface area contributed by atoms with E-state index in [1.165, 1.54) is 47.4 Å². The van der Waals surface area contributed by atoms with Crippen LogP contribution in [0.1, 0.15) is 60.6 Å². The van der Waals surface area contributed by atoms with E-state index in [2.05, 4.69) is 45.5 Å². The highest BCUT2D eigenvalue weighted by Gasteiger charge is 2.25. The number of fused-ring (bicyclic) bond motifs is 1. The highest BCUT2D eigenvalue weighted by molar-refractivity contribution is 7.16. The molecular formula is C25H32N4OS. The largest absolute Gasteiger partial charge is 0.371 e. The summed E-state index contributed by atoms with van der Waals surface area (Å²) in [6.07, 6.45) is 7.97. The summed E-state index contributed by atoms with van der Waals surface area (Å²) in [6.45, 7) is 4.87. The van der Waals surface area contributed by atoms with Crippen molar-refractivity contribution in [2.75, 3.05) is 30.4 Å². The second-order valence-electron chi connectivity index (χ2n) is 8.78. The quantitative estimate of drug-likeness (QED) is 0.651. The maximum Gasteiger partial charge on any atom is 0.242 e. The van der Waals surface area contributed by atoms with Gasteiger partial charge in [-0.05, 0) is 69.7 Å². The second-order valence-corrected chi connectivity index (χ2v) is 9.89. The van der Waals surface area contributed by atoms with Crippen molar-refractivity contribution in [1.82, 2.24) is 4.90 Å². The highest BCUT2D eigenvalue weighted by Crippen LogP contribution is 2.37. The monoisotopic (exact) mass is 436 g/mol. The molecule has 0 radical (unpaired) electrons. The van der Waals surface area contributed by atoms with Crippen molar-refractivity contribution >= 4 is 27.9 Å². The molecule has 1 atom stereocenters. The SMILES string of the molecule is CC(C(=O)Nc1sc2c(c1C#N)CCCCC2)N(C)Cc1ccccc1N1CCCC1. The van der Waals surface area contributed by atoms with Crippen molar-refractivity contribution in [3.05, 3.63) is 45.8 Å². The number of nitrogens with zero attached hydrogens (tertiary/aromatic N) is 3. The Morgan fingerprint density at radius 3 is 2.71 bits per heavy atom. The fourth-order valence-corrected chi connectivity index (χ4v) is 5.92. The van der Waals surface area contributed by atoms with Gasteiger partial charge in [-0.15, -0.1) is 11.3 Å². The van der Waals surface area contributed by atoms with Gasteiger partial charge in [0.05, 0.1) is 11.6 Å². The number of likely N-dealkylation sites (N-methyl/N-ethyl adjacent to an activating group) is 1. The molecule has 0 spiro atoms. The predicted molar refractivity (Wildman–Crippen MR) is 128 cm³/mol. The zero-order valence-electron chi connectivity index (χ0n) is 18.6. The molecule has 5 nitrogen and oxygen atoms in total. The zero-order chi connectivity index (χ0) is 21.8. The Bertz CT molecular complexity index is 970. The first-order chi connectivity index (χ1) is 15.1. The van der Waals surface area contributed by atoms with E-state index in [1.54, 1.807) is 11.3 Å². The number of anilines is 2. The Hall–Kier alpha value is -2.36. The summed E-state index contributed by atoms with van der Waals surface area (Å²) in [5.41, 5.74) is 4.39. The van der Waals surface area contributed by atoms with Crippen LogP contribution in [0, 0.1) is 11.3 Å². The smallest absolute Gasteiger partial charge is 0.242 e. The van der Waals surface area contributed by atoms with E-state index in [-0.39, 0.29) is 11.9 Å². The standard InChI is InChI=1S/C25H32N4OS/c1-18(28(2)17-19-10-6-7-12-22(19)29-14-8-9-15-29)24(30)27-25-21(16-26)20-11-4-3-5-13-23(20)31-25/h6-7,10,12,18H,3-5,8-9,11,13-15,17H2,1-2H3,(H,27,30). The number of nitrogens with one attached hydrogen (secondary N) is 1. The third kappa shape index (κ3) is 4.78. The lowest BCUT2D eigenvalue weighted by Gasteiger charge is -2.27. The average molecular weight is 437 g/mol. The highest BCUT2D eigenvalue weighted by atomic mass is 32.1. The molecule has 4 rings (SSSR count). The molecule has 1 fully saturated rings. The molecule has 6 heteroatoms. The lowest BCUT2D eigenvalue weighted by Crippen LogP contribution is -2.39. The number of nitriles is 1. The minimum Gasteiger partial charge on any atom is -0.371 e. The minimum absolute atomic E-state index is 0.0472. The van der Waals surface area contributed by atoms with Gasteiger partial charge in [-0.2, -0.15) is 5.26 Å². The summed E-state index contributed by atoms with van der Waals surface area (Å²) in [5.74, 6) is -0.0472. The number of hydrogen-bond donors (Lipinski definition) is 1. The van der Waals surface area contributed by atoms with Crippen LogP contribution in [-0.4, -0.2) is 37.0 Å². The number of hydrogen-bond acceptors (Lipinski definition) is 5. The maximum absolute atomic E-state index is 13.1. The van der Waals surface area contributed by atoms with E-state index in [9.17, 15) is 10.1 Å². The molecule has 164 valence electrons. The maximum atomic E-state index is 13.1. The molecule has 0 bridgehead atoms. The van der Waals surface area contributed by atoms with Gasteiger partial charge >= 0.3 is 0 Å². The molecule has 1 N–H and O–H groups in total. The molecule has 2 aromatic rings. The van der Waals surface area contributed by atoms with Gasteiger partial charge in [0.2, 0.25) is 5.91 Å². The number of carbonyl (C=O) groups excluding carboxylic acids is 1. The number of para-hydroxylation sites is 1. The molecule has 1 aromatic carbocycles. The van der Waals surface area contributed by atoms with Crippen molar-refractivity contribution in [3.63, 3.8) is 0 Å². The van der Waals surface area contributed by atoms with Gasteiger partial charge in [-0.25, -0.2) is 0 Å². The Kier molecular flexibility index (Phi) is 6.94. The number of rotatable bonds is 6. The first-order valence-corrected chi connectivity index (χ1v) is 12.3. The van der Waals surface area contributed by atoms with Gasteiger partial charge < -0.3 is 10.2 Å². The number of carbonyl (C=O) groups is 1. The molecular weight excluding hydrogens is 404 g/mol. The van der Waals surface area contributed by atoms with Gasteiger partial charge in [0.1, 0.15) is 11.1 Å². The lowest BCUT2D eigenvalue weighted by molar-refractivity contribution is -0.120. The fourth-order valence-electron chi connectivity index (χ4n) is 4.68. The van der Waals surface area contributed by atoms with Crippen LogP contribution in [0.25, 0.3) is 0 Å². The van der Waals surface area contributed by atoms with Crippen LogP contribution < -0.4 is 10.2 Å². The third-order valence-electron chi connectivity index (χ3n) is 6.67. The molecule has 1 aromatic heterocycles. The van der Waals surface area contributed by atoms with Crippen molar-refractivity contribution in [2.24, 2.45) is 0 Å². The summed E-state index contributed by atoms with van der Waals surface area (Å²) in [4.78, 5) is 18.9. The van der Waals surface area contributed by atoms with Gasteiger partial charge in [-0.3, -0.25) is 9.69 Å². The van der Waals surface area contributed by atoms with Gasteiger partial charge in [0.15, 0.2) is 0 Å². The van der Waals surface area contributed by atoms with Gasteiger partial charge in [0.25, 0.3) is 0 Å². The Morgan fingerprint density at radius 2 is 1.94 bits per heavy atom. The number of benzene rings is 1. The normalized spacial score (nSPS) is 17.2. The van der Waals surface area contributed by atoms with E-state index in [4.69, 9.17) is 0 Å². The molecule has 1 saturated heterocycles. The van der Waals surface area contributed by atoms with Crippen LogP contribution in [-0.2, 0) is 24.2 Å². The molecule has 1 aliphatic carbocycles. The first-order valence-electron chi connectivity index (χ1n) is 11.5. The number of amides is 1. The molecule has 1 unspecified atom stereocenters. The summed E-state index contributed by atoms with van der Waals surface area (Å²) in [6, 6.07) is 10.6. The first kappa shape index (κ1) is 21.9. The molecule has 2 heterocycles. The Labute approximate surface area is 189 Å². The van der Waals surface area contributed by atoms with Crippen LogP contribution in [0.2, 0.25) is 0 Å². The van der Waals surface area contributed by atoms with E-state index in [1.807, 2.05) is 14.0 Å². The second kappa shape index (κ2) is 9.84. The van der Waals surface area contributed by atoms with Crippen molar-refractivity contribution < 1.29 is 4.79 Å². The fraction of sp³-hybridized carbons (Fsp3) is 0.520. The van der Waals surface area contributed by atoms with Crippen molar-refractivity contribution in [3.8, 4) is 6.07 Å². The minimum atomic E-state index is -0.292. The number of thiophene rings is 1. The van der Waals surface area contributed by atoms with E-state index >= 15 is 0 Å². The van der Waals surface area contributed by atoms with Crippen LogP contribution in [0.15, 0.2) is 24.3 Å². The van der Waals surface area contributed by atoms with Crippen LogP contribution in [0.5, 0.6) is 0 Å². The van der Waals surface area contributed by atoms with E-state index in [0.717, 1.165) is 37.4 Å². The van der Waals surface area contributed by atoms with E-state index in [0.29, 0.717) is 12.1 Å². The van der Waals surface area contributed by atoms with E-state index < -0.39 is 0 Å². The summed E-state index contributed by atoms with van der Waals surface area (Å²) >= 11 is 1.60. The van der Waals surface area contributed by atoms with Gasteiger partial charge in [0, 0.05) is 30.2 Å². The topological polar surface area (TPSA) is 59.4 Å². The summed E-state index contributed by atoms with van der Waals surface area (Å²) < 4.78 is 0. The van der Waals surface area contributed by atoms with Crippen LogP contribution in [0.4, 0.5) is 10.7 Å². The Balaban J connectivity index is 1.45. The molecule has 31 heavy (non-hydrogen) atoms. The summed E-state index contributed by atoms with van der Waals surface area (Å²) in [7, 11) is 2.00. The third-order valence-corrected chi connectivity index (χ3v) is 7.88. The van der Waals surface area contributed by atoms with Gasteiger partial charge in [-0.1, -0.05) is 24.6 Å². The molecule has 0 saturated carbocycles. The molecule has 1 amide bonds. The Morgan fingerprint density at radius 1 is 1.19 bits per heavy atom.